The summed E-state index contributed by atoms with van der Waals surface area (Å²) in [5.41, 5.74) is 3.58. The van der Waals surface area contributed by atoms with Crippen molar-refractivity contribution >= 4 is 35.1 Å². The zero-order valence-corrected chi connectivity index (χ0v) is 18.4. The van der Waals surface area contributed by atoms with E-state index in [1.165, 1.54) is 23.5 Å². The van der Waals surface area contributed by atoms with Gasteiger partial charge in [0.25, 0.3) is 5.91 Å². The zero-order valence-electron chi connectivity index (χ0n) is 16.8. The fourth-order valence-corrected chi connectivity index (χ4v) is 5.81. The SMILES string of the molecule is CN(Cc1ccc(N(C)C)cc1)C(=O)COc1ccc(C2SCCCS2)cc1. The molecule has 4 nitrogen and oxygen atoms in total. The number of rotatable bonds is 7. The van der Waals surface area contributed by atoms with Crippen molar-refractivity contribution in [3.8, 4) is 5.75 Å². The van der Waals surface area contributed by atoms with Gasteiger partial charge in [-0.1, -0.05) is 24.3 Å². The van der Waals surface area contributed by atoms with E-state index in [1.807, 2.05) is 56.8 Å². The third kappa shape index (κ3) is 5.85. The van der Waals surface area contributed by atoms with Gasteiger partial charge in [0, 0.05) is 33.4 Å². The Balaban J connectivity index is 1.47. The molecule has 0 aliphatic carbocycles. The molecule has 1 heterocycles. The van der Waals surface area contributed by atoms with Crippen molar-refractivity contribution in [3.63, 3.8) is 0 Å². The number of carbonyl (C=O) groups excluding carboxylic acids is 1. The number of hydrogen-bond donors (Lipinski definition) is 0. The first-order valence-corrected chi connectivity index (χ1v) is 11.6. The number of carbonyl (C=O) groups is 1. The molecule has 0 N–H and O–H groups in total. The first-order valence-electron chi connectivity index (χ1n) is 9.49. The Kier molecular flexibility index (Phi) is 7.57. The van der Waals surface area contributed by atoms with Crippen LogP contribution in [-0.2, 0) is 11.3 Å². The summed E-state index contributed by atoms with van der Waals surface area (Å²) in [6, 6.07) is 16.4. The highest BCUT2D eigenvalue weighted by atomic mass is 32.2. The summed E-state index contributed by atoms with van der Waals surface area (Å²) in [5.74, 6) is 3.18. The van der Waals surface area contributed by atoms with E-state index in [-0.39, 0.29) is 12.5 Å². The molecule has 1 fully saturated rings. The minimum atomic E-state index is -0.0286. The van der Waals surface area contributed by atoms with E-state index in [0.717, 1.165) is 17.0 Å². The van der Waals surface area contributed by atoms with Gasteiger partial charge >= 0.3 is 0 Å². The smallest absolute Gasteiger partial charge is 0.260 e. The average molecular weight is 417 g/mol. The number of anilines is 1. The van der Waals surface area contributed by atoms with Gasteiger partial charge in [-0.15, -0.1) is 23.5 Å². The normalized spacial score (nSPS) is 14.5. The molecule has 0 saturated carbocycles. The van der Waals surface area contributed by atoms with Crippen molar-refractivity contribution in [3.05, 3.63) is 59.7 Å². The molecule has 2 aromatic rings. The fourth-order valence-electron chi connectivity index (χ4n) is 2.92. The lowest BCUT2D eigenvalue weighted by Crippen LogP contribution is -2.30. The lowest BCUT2D eigenvalue weighted by molar-refractivity contribution is -0.132. The molecule has 1 amide bonds. The molecule has 0 radical (unpaired) electrons. The van der Waals surface area contributed by atoms with Crippen LogP contribution in [0, 0.1) is 0 Å². The van der Waals surface area contributed by atoms with Gasteiger partial charge in [0.15, 0.2) is 6.61 Å². The molecule has 2 aromatic carbocycles. The van der Waals surface area contributed by atoms with Crippen LogP contribution in [0.25, 0.3) is 0 Å². The highest BCUT2D eigenvalue weighted by Crippen LogP contribution is 2.43. The molecule has 3 rings (SSSR count). The van der Waals surface area contributed by atoms with Gasteiger partial charge in [-0.25, -0.2) is 0 Å². The van der Waals surface area contributed by atoms with Gasteiger partial charge in [-0.2, -0.15) is 0 Å². The van der Waals surface area contributed by atoms with E-state index < -0.39 is 0 Å². The Labute approximate surface area is 176 Å². The summed E-state index contributed by atoms with van der Waals surface area (Å²) >= 11 is 4.01. The predicted molar refractivity (Wildman–Crippen MR) is 121 cm³/mol. The molecule has 0 aromatic heterocycles. The highest BCUT2D eigenvalue weighted by molar-refractivity contribution is 8.16. The monoisotopic (exact) mass is 416 g/mol. The van der Waals surface area contributed by atoms with Crippen LogP contribution in [0.2, 0.25) is 0 Å². The van der Waals surface area contributed by atoms with Crippen LogP contribution in [0.4, 0.5) is 5.69 Å². The Morgan fingerprint density at radius 2 is 1.64 bits per heavy atom. The maximum Gasteiger partial charge on any atom is 0.260 e. The average Bonchev–Trinajstić information content (AvgIpc) is 2.73. The quantitative estimate of drug-likeness (QED) is 0.656. The topological polar surface area (TPSA) is 32.8 Å². The largest absolute Gasteiger partial charge is 0.484 e. The van der Waals surface area contributed by atoms with E-state index in [9.17, 15) is 4.79 Å². The van der Waals surface area contributed by atoms with Crippen molar-refractivity contribution in [1.29, 1.82) is 0 Å². The molecule has 28 heavy (non-hydrogen) atoms. The van der Waals surface area contributed by atoms with Gasteiger partial charge < -0.3 is 14.5 Å². The number of hydrogen-bond acceptors (Lipinski definition) is 5. The molecule has 0 unspecified atom stereocenters. The van der Waals surface area contributed by atoms with Crippen molar-refractivity contribution in [1.82, 2.24) is 4.90 Å². The Hall–Kier alpha value is -1.79. The first kappa shape index (κ1) is 20.9. The minimum Gasteiger partial charge on any atom is -0.484 e. The second kappa shape index (κ2) is 10.1. The lowest BCUT2D eigenvalue weighted by Gasteiger charge is -2.21. The van der Waals surface area contributed by atoms with Crippen LogP contribution in [0.1, 0.15) is 22.1 Å². The van der Waals surface area contributed by atoms with E-state index in [0.29, 0.717) is 11.1 Å². The van der Waals surface area contributed by atoms with Crippen LogP contribution >= 0.6 is 23.5 Å². The van der Waals surface area contributed by atoms with Gasteiger partial charge in [-0.05, 0) is 53.3 Å². The second-order valence-electron chi connectivity index (χ2n) is 7.10. The highest BCUT2D eigenvalue weighted by Gasteiger charge is 2.16. The third-order valence-electron chi connectivity index (χ3n) is 4.64. The number of thioether (sulfide) groups is 2. The molecule has 0 spiro atoms. The molecular weight excluding hydrogens is 388 g/mol. The number of nitrogens with zero attached hydrogens (tertiary/aromatic N) is 2. The zero-order chi connectivity index (χ0) is 19.9. The number of amides is 1. The van der Waals surface area contributed by atoms with Crippen molar-refractivity contribution < 1.29 is 9.53 Å². The maximum atomic E-state index is 12.4. The summed E-state index contributed by atoms with van der Waals surface area (Å²) in [6.45, 7) is 0.628. The van der Waals surface area contributed by atoms with Gasteiger partial charge in [-0.3, -0.25) is 4.79 Å². The van der Waals surface area contributed by atoms with Gasteiger partial charge in [0.05, 0.1) is 4.58 Å². The van der Waals surface area contributed by atoms with Gasteiger partial charge in [0.1, 0.15) is 5.75 Å². The molecule has 1 saturated heterocycles. The van der Waals surface area contributed by atoms with Crippen LogP contribution in [0.5, 0.6) is 5.75 Å². The summed E-state index contributed by atoms with van der Waals surface area (Å²) in [4.78, 5) is 16.2. The van der Waals surface area contributed by atoms with Crippen molar-refractivity contribution in [2.75, 3.05) is 44.2 Å². The van der Waals surface area contributed by atoms with Crippen molar-refractivity contribution in [2.45, 2.75) is 17.5 Å². The minimum absolute atomic E-state index is 0.0286. The fraction of sp³-hybridized carbons (Fsp3) is 0.409. The number of likely N-dealkylation sites (N-methyl/N-ethyl adjacent to an activating group) is 1. The third-order valence-corrected chi connectivity index (χ3v) is 7.66. The molecule has 0 bridgehead atoms. The Morgan fingerprint density at radius 1 is 1.00 bits per heavy atom. The summed E-state index contributed by atoms with van der Waals surface area (Å²) < 4.78 is 6.23. The summed E-state index contributed by atoms with van der Waals surface area (Å²) in [5, 5.41) is 0. The summed E-state index contributed by atoms with van der Waals surface area (Å²) in [6.07, 6.45) is 1.29. The van der Waals surface area contributed by atoms with E-state index in [4.69, 9.17) is 4.74 Å². The number of ether oxygens (including phenoxy) is 1. The van der Waals surface area contributed by atoms with Crippen LogP contribution in [0.15, 0.2) is 48.5 Å². The Morgan fingerprint density at radius 3 is 2.25 bits per heavy atom. The maximum absolute atomic E-state index is 12.4. The van der Waals surface area contributed by atoms with Gasteiger partial charge in [0.2, 0.25) is 0 Å². The Bertz CT molecular complexity index is 757. The molecule has 150 valence electrons. The van der Waals surface area contributed by atoms with E-state index >= 15 is 0 Å². The molecule has 0 atom stereocenters. The molecule has 6 heteroatoms. The standard InChI is InChI=1S/C22H28N2O2S2/c1-23(2)19-9-5-17(6-10-19)15-24(3)21(25)16-26-20-11-7-18(8-12-20)22-27-13-4-14-28-22/h5-12,22H,4,13-16H2,1-3H3. The van der Waals surface area contributed by atoms with E-state index in [2.05, 4.69) is 41.3 Å². The van der Waals surface area contributed by atoms with Crippen molar-refractivity contribution in [2.24, 2.45) is 0 Å². The number of benzene rings is 2. The van der Waals surface area contributed by atoms with Crippen LogP contribution in [0.3, 0.4) is 0 Å². The van der Waals surface area contributed by atoms with Crippen LogP contribution in [-0.4, -0.2) is 50.1 Å². The van der Waals surface area contributed by atoms with E-state index in [1.54, 1.807) is 4.90 Å². The molecule has 1 aliphatic heterocycles. The first-order chi connectivity index (χ1) is 13.5. The van der Waals surface area contributed by atoms with Crippen LogP contribution < -0.4 is 9.64 Å². The molecular formula is C22H28N2O2S2. The lowest BCUT2D eigenvalue weighted by atomic mass is 10.2. The molecule has 1 aliphatic rings. The summed E-state index contributed by atoms with van der Waals surface area (Å²) in [7, 11) is 5.84. The predicted octanol–water partition coefficient (Wildman–Crippen LogP) is 4.66. The second-order valence-corrected chi connectivity index (χ2v) is 9.82.